The Morgan fingerprint density at radius 1 is 1.17 bits per heavy atom. The zero-order chi connectivity index (χ0) is 16.7. The van der Waals surface area contributed by atoms with Gasteiger partial charge in [0.2, 0.25) is 5.91 Å². The van der Waals surface area contributed by atoms with Crippen LogP contribution < -0.4 is 10.6 Å². The number of halogens is 1. The van der Waals surface area contributed by atoms with Crippen LogP contribution in [0.2, 0.25) is 0 Å². The van der Waals surface area contributed by atoms with E-state index in [1.807, 2.05) is 6.07 Å². The molecule has 0 saturated carbocycles. The monoisotopic (exact) mass is 325 g/mol. The second-order valence-corrected chi connectivity index (χ2v) is 4.89. The van der Waals surface area contributed by atoms with Crippen LogP contribution in [-0.2, 0) is 4.79 Å². The van der Waals surface area contributed by atoms with Gasteiger partial charge in [-0.2, -0.15) is 5.26 Å². The molecular weight excluding hydrogens is 313 g/mol. The van der Waals surface area contributed by atoms with Gasteiger partial charge in [0.15, 0.2) is 5.11 Å². The molecule has 0 unspecified atom stereocenters. The number of carbonyl (C=O) groups is 1. The minimum Gasteiger partial charge on any atom is -0.331 e. The van der Waals surface area contributed by atoms with Crippen LogP contribution in [0.15, 0.2) is 54.6 Å². The molecule has 114 valence electrons. The highest BCUT2D eigenvalue weighted by Crippen LogP contribution is 2.13. The number of rotatable bonds is 3. The summed E-state index contributed by atoms with van der Waals surface area (Å²) in [4.78, 5) is 11.8. The summed E-state index contributed by atoms with van der Waals surface area (Å²) in [5.74, 6) is -0.769. The van der Waals surface area contributed by atoms with Gasteiger partial charge >= 0.3 is 0 Å². The Hall–Kier alpha value is -3.04. The largest absolute Gasteiger partial charge is 0.331 e. The van der Waals surface area contributed by atoms with Crippen molar-refractivity contribution in [1.29, 1.82) is 5.26 Å². The SMILES string of the molecule is N#Cc1ccccc1NC(=S)NC(=O)C=Cc1ccc(F)cc1. The summed E-state index contributed by atoms with van der Waals surface area (Å²) in [6.07, 6.45) is 2.83. The highest BCUT2D eigenvalue weighted by molar-refractivity contribution is 7.80. The fourth-order valence-electron chi connectivity index (χ4n) is 1.74. The Bertz CT molecular complexity index is 794. The molecule has 0 saturated heterocycles. The van der Waals surface area contributed by atoms with Gasteiger partial charge in [-0.1, -0.05) is 24.3 Å². The lowest BCUT2D eigenvalue weighted by molar-refractivity contribution is -0.115. The van der Waals surface area contributed by atoms with Crippen molar-refractivity contribution in [1.82, 2.24) is 5.32 Å². The summed E-state index contributed by atoms with van der Waals surface area (Å²) in [6, 6.07) is 14.6. The van der Waals surface area contributed by atoms with Crippen molar-refractivity contribution in [2.45, 2.75) is 0 Å². The van der Waals surface area contributed by atoms with E-state index in [0.29, 0.717) is 16.8 Å². The standard InChI is InChI=1S/C17H12FN3OS/c18-14-8-5-12(6-9-14)7-10-16(22)21-17(23)20-15-4-2-1-3-13(15)11-19/h1-10H,(H2,20,21,22,23). The van der Waals surface area contributed by atoms with E-state index < -0.39 is 5.91 Å². The van der Waals surface area contributed by atoms with Crippen LogP contribution in [-0.4, -0.2) is 11.0 Å². The van der Waals surface area contributed by atoms with E-state index >= 15 is 0 Å². The Morgan fingerprint density at radius 2 is 1.87 bits per heavy atom. The first-order chi connectivity index (χ1) is 11.1. The molecule has 4 nitrogen and oxygen atoms in total. The first-order valence-corrected chi connectivity index (χ1v) is 7.04. The molecule has 0 atom stereocenters. The van der Waals surface area contributed by atoms with Gasteiger partial charge in [0.25, 0.3) is 0 Å². The van der Waals surface area contributed by atoms with Gasteiger partial charge in [-0.15, -0.1) is 0 Å². The van der Waals surface area contributed by atoms with Crippen molar-refractivity contribution in [2.24, 2.45) is 0 Å². The van der Waals surface area contributed by atoms with Crippen LogP contribution in [0.5, 0.6) is 0 Å². The minimum atomic E-state index is -0.429. The summed E-state index contributed by atoms with van der Waals surface area (Å²) in [7, 11) is 0. The quantitative estimate of drug-likeness (QED) is 0.672. The fourth-order valence-corrected chi connectivity index (χ4v) is 1.95. The van der Waals surface area contributed by atoms with Gasteiger partial charge in [0, 0.05) is 6.08 Å². The van der Waals surface area contributed by atoms with Crippen LogP contribution in [0.25, 0.3) is 6.08 Å². The predicted molar refractivity (Wildman–Crippen MR) is 91.0 cm³/mol. The van der Waals surface area contributed by atoms with Gasteiger partial charge in [-0.25, -0.2) is 4.39 Å². The number of para-hydroxylation sites is 1. The summed E-state index contributed by atoms with van der Waals surface area (Å²) in [5.41, 5.74) is 1.63. The minimum absolute atomic E-state index is 0.0847. The molecule has 0 aliphatic heterocycles. The molecule has 23 heavy (non-hydrogen) atoms. The maximum atomic E-state index is 12.8. The lowest BCUT2D eigenvalue weighted by Crippen LogP contribution is -2.33. The van der Waals surface area contributed by atoms with Crippen molar-refractivity contribution >= 4 is 35.0 Å². The number of nitriles is 1. The van der Waals surface area contributed by atoms with Crippen LogP contribution in [0.4, 0.5) is 10.1 Å². The summed E-state index contributed by atoms with van der Waals surface area (Å²) < 4.78 is 12.8. The summed E-state index contributed by atoms with van der Waals surface area (Å²) >= 11 is 5.03. The smallest absolute Gasteiger partial charge is 0.250 e. The van der Waals surface area contributed by atoms with Crippen molar-refractivity contribution < 1.29 is 9.18 Å². The van der Waals surface area contributed by atoms with Gasteiger partial charge in [-0.3, -0.25) is 10.1 Å². The number of nitrogens with zero attached hydrogens (tertiary/aromatic N) is 1. The van der Waals surface area contributed by atoms with Gasteiger partial charge in [-0.05, 0) is 48.1 Å². The number of carbonyl (C=O) groups excluding carboxylic acids is 1. The molecule has 0 bridgehead atoms. The molecule has 2 aromatic carbocycles. The zero-order valence-corrected chi connectivity index (χ0v) is 12.7. The van der Waals surface area contributed by atoms with Crippen LogP contribution in [0.1, 0.15) is 11.1 Å². The average molecular weight is 325 g/mol. The first kappa shape index (κ1) is 16.3. The maximum absolute atomic E-state index is 12.8. The number of hydrogen-bond donors (Lipinski definition) is 2. The van der Waals surface area contributed by atoms with Gasteiger partial charge in [0.05, 0.1) is 11.3 Å². The number of benzene rings is 2. The molecule has 2 aromatic rings. The number of hydrogen-bond acceptors (Lipinski definition) is 3. The van der Waals surface area contributed by atoms with Crippen molar-refractivity contribution in [2.75, 3.05) is 5.32 Å². The molecule has 0 radical (unpaired) electrons. The second-order valence-electron chi connectivity index (χ2n) is 4.49. The first-order valence-electron chi connectivity index (χ1n) is 6.63. The Labute approximate surface area is 138 Å². The lowest BCUT2D eigenvalue weighted by atomic mass is 10.2. The Morgan fingerprint density at radius 3 is 2.57 bits per heavy atom. The molecular formula is C17H12FN3OS. The number of nitrogens with one attached hydrogen (secondary N) is 2. The summed E-state index contributed by atoms with van der Waals surface area (Å²) in [5, 5.41) is 14.3. The second kappa shape index (κ2) is 7.82. The third-order valence-electron chi connectivity index (χ3n) is 2.83. The molecule has 0 aromatic heterocycles. The molecule has 0 aliphatic rings. The highest BCUT2D eigenvalue weighted by atomic mass is 32.1. The van der Waals surface area contributed by atoms with E-state index in [9.17, 15) is 9.18 Å². The Kier molecular flexibility index (Phi) is 5.56. The van der Waals surface area contributed by atoms with Crippen LogP contribution >= 0.6 is 12.2 Å². The van der Waals surface area contributed by atoms with Crippen LogP contribution in [0.3, 0.4) is 0 Å². The van der Waals surface area contributed by atoms with Crippen molar-refractivity contribution in [3.05, 3.63) is 71.6 Å². The Balaban J connectivity index is 1.93. The highest BCUT2D eigenvalue weighted by Gasteiger charge is 2.05. The fraction of sp³-hybridized carbons (Fsp3) is 0. The molecule has 6 heteroatoms. The van der Waals surface area contributed by atoms with E-state index in [1.54, 1.807) is 42.5 Å². The van der Waals surface area contributed by atoms with E-state index in [2.05, 4.69) is 10.6 Å². The molecule has 2 N–H and O–H groups in total. The third kappa shape index (κ3) is 5.02. The zero-order valence-electron chi connectivity index (χ0n) is 11.9. The lowest BCUT2D eigenvalue weighted by Gasteiger charge is -2.09. The number of thiocarbonyl (C=S) groups is 1. The predicted octanol–water partition coefficient (Wildman–Crippen LogP) is 3.22. The van der Waals surface area contributed by atoms with E-state index in [1.165, 1.54) is 18.2 Å². The molecule has 0 aliphatic carbocycles. The van der Waals surface area contributed by atoms with E-state index in [0.717, 1.165) is 0 Å². The van der Waals surface area contributed by atoms with Crippen LogP contribution in [0, 0.1) is 17.1 Å². The third-order valence-corrected chi connectivity index (χ3v) is 3.03. The van der Waals surface area contributed by atoms with Crippen molar-refractivity contribution in [3.63, 3.8) is 0 Å². The van der Waals surface area contributed by atoms with Gasteiger partial charge < -0.3 is 5.32 Å². The number of amides is 1. The topological polar surface area (TPSA) is 64.9 Å². The average Bonchev–Trinajstić information content (AvgIpc) is 2.54. The molecule has 0 heterocycles. The van der Waals surface area contributed by atoms with Crippen molar-refractivity contribution in [3.8, 4) is 6.07 Å². The van der Waals surface area contributed by atoms with Gasteiger partial charge in [0.1, 0.15) is 11.9 Å². The molecule has 1 amide bonds. The van der Waals surface area contributed by atoms with E-state index in [4.69, 9.17) is 17.5 Å². The molecule has 0 fully saturated rings. The summed E-state index contributed by atoms with van der Waals surface area (Å²) in [6.45, 7) is 0. The number of anilines is 1. The normalized spacial score (nSPS) is 10.1. The molecule has 2 rings (SSSR count). The maximum Gasteiger partial charge on any atom is 0.250 e. The van der Waals surface area contributed by atoms with E-state index in [-0.39, 0.29) is 10.9 Å². The molecule has 0 spiro atoms.